The van der Waals surface area contributed by atoms with Crippen molar-refractivity contribution in [3.8, 4) is 11.5 Å². The molecule has 3 N–H and O–H groups in total. The van der Waals surface area contributed by atoms with E-state index in [2.05, 4.69) is 10.6 Å². The van der Waals surface area contributed by atoms with E-state index in [0.29, 0.717) is 23.6 Å². The minimum Gasteiger partial charge on any atom is -0.493 e. The molecule has 0 aliphatic heterocycles. The van der Waals surface area contributed by atoms with Crippen LogP contribution in [0.1, 0.15) is 20.3 Å². The smallest absolute Gasteiger partial charge is 0.225 e. The lowest BCUT2D eigenvalue weighted by Gasteiger charge is -2.14. The van der Waals surface area contributed by atoms with Crippen molar-refractivity contribution >= 4 is 11.6 Å². The Morgan fingerprint density at radius 3 is 2.76 bits per heavy atom. The molecule has 0 aliphatic rings. The highest BCUT2D eigenvalue weighted by Crippen LogP contribution is 2.30. The topological polar surface area (TPSA) is 79.8 Å². The molecule has 6 heteroatoms. The van der Waals surface area contributed by atoms with E-state index in [0.717, 1.165) is 6.54 Å². The molecule has 21 heavy (non-hydrogen) atoms. The van der Waals surface area contributed by atoms with Crippen molar-refractivity contribution in [3.63, 3.8) is 0 Å². The normalized spacial score (nSPS) is 11.8. The summed E-state index contributed by atoms with van der Waals surface area (Å²) in [7, 11) is 1.54. The molecule has 0 fully saturated rings. The highest BCUT2D eigenvalue weighted by molar-refractivity contribution is 5.91. The van der Waals surface area contributed by atoms with Gasteiger partial charge in [0.15, 0.2) is 11.5 Å². The average Bonchev–Trinajstić information content (AvgIpc) is 2.45. The van der Waals surface area contributed by atoms with Crippen molar-refractivity contribution < 1.29 is 19.4 Å². The maximum absolute atomic E-state index is 11.9. The van der Waals surface area contributed by atoms with Crippen molar-refractivity contribution in [2.24, 2.45) is 0 Å². The summed E-state index contributed by atoms with van der Waals surface area (Å²) in [5, 5.41) is 14.8. The van der Waals surface area contributed by atoms with Gasteiger partial charge in [0, 0.05) is 24.2 Å². The quantitative estimate of drug-likeness (QED) is 0.642. The van der Waals surface area contributed by atoms with Crippen LogP contribution >= 0.6 is 0 Å². The van der Waals surface area contributed by atoms with Crippen LogP contribution in [0.3, 0.4) is 0 Å². The SMILES string of the molecule is CCNC(C)CC(=O)Nc1ccc(OC)c(OCCO)c1. The number of amides is 1. The van der Waals surface area contributed by atoms with Gasteiger partial charge in [0.2, 0.25) is 5.91 Å². The van der Waals surface area contributed by atoms with Crippen LogP contribution in [-0.2, 0) is 4.79 Å². The van der Waals surface area contributed by atoms with Crippen LogP contribution in [0.15, 0.2) is 18.2 Å². The second-order valence-electron chi connectivity index (χ2n) is 4.65. The van der Waals surface area contributed by atoms with E-state index in [1.54, 1.807) is 18.2 Å². The van der Waals surface area contributed by atoms with Gasteiger partial charge in [-0.1, -0.05) is 6.92 Å². The number of benzene rings is 1. The van der Waals surface area contributed by atoms with Gasteiger partial charge in [0.05, 0.1) is 13.7 Å². The molecular weight excluding hydrogens is 272 g/mol. The fourth-order valence-electron chi connectivity index (χ4n) is 1.93. The Morgan fingerprint density at radius 1 is 1.38 bits per heavy atom. The van der Waals surface area contributed by atoms with E-state index < -0.39 is 0 Å². The highest BCUT2D eigenvalue weighted by Gasteiger charge is 2.10. The minimum absolute atomic E-state index is 0.0678. The summed E-state index contributed by atoms with van der Waals surface area (Å²) in [6.45, 7) is 4.89. The number of anilines is 1. The molecular formula is C15H24N2O4. The molecule has 0 saturated heterocycles. The lowest BCUT2D eigenvalue weighted by molar-refractivity contribution is -0.116. The zero-order valence-corrected chi connectivity index (χ0v) is 12.8. The maximum Gasteiger partial charge on any atom is 0.225 e. The van der Waals surface area contributed by atoms with Gasteiger partial charge in [-0.3, -0.25) is 4.79 Å². The summed E-state index contributed by atoms with van der Waals surface area (Å²) < 4.78 is 10.5. The fourth-order valence-corrected chi connectivity index (χ4v) is 1.93. The third-order valence-electron chi connectivity index (χ3n) is 2.84. The van der Waals surface area contributed by atoms with Crippen LogP contribution in [0.4, 0.5) is 5.69 Å². The van der Waals surface area contributed by atoms with Crippen LogP contribution in [0, 0.1) is 0 Å². The first kappa shape index (κ1) is 17.3. The van der Waals surface area contributed by atoms with Crippen LogP contribution in [0.2, 0.25) is 0 Å². The predicted molar refractivity (Wildman–Crippen MR) is 82.0 cm³/mol. The summed E-state index contributed by atoms with van der Waals surface area (Å²) in [5.41, 5.74) is 0.637. The number of ether oxygens (including phenoxy) is 2. The molecule has 0 spiro atoms. The van der Waals surface area contributed by atoms with Gasteiger partial charge < -0.3 is 25.2 Å². The van der Waals surface area contributed by atoms with Gasteiger partial charge in [-0.25, -0.2) is 0 Å². The molecule has 6 nitrogen and oxygen atoms in total. The number of nitrogens with one attached hydrogen (secondary N) is 2. The van der Waals surface area contributed by atoms with E-state index in [-0.39, 0.29) is 25.2 Å². The van der Waals surface area contributed by atoms with Crippen LogP contribution in [-0.4, -0.2) is 43.9 Å². The molecule has 0 aliphatic carbocycles. The van der Waals surface area contributed by atoms with Crippen LogP contribution in [0.25, 0.3) is 0 Å². The van der Waals surface area contributed by atoms with E-state index >= 15 is 0 Å². The van der Waals surface area contributed by atoms with Crippen molar-refractivity contribution in [2.45, 2.75) is 26.3 Å². The molecule has 1 atom stereocenters. The first-order chi connectivity index (χ1) is 10.1. The standard InChI is InChI=1S/C15H24N2O4/c1-4-16-11(2)9-15(19)17-12-5-6-13(20-3)14(10-12)21-8-7-18/h5-6,10-11,16,18H,4,7-9H2,1-3H3,(H,17,19). The summed E-state index contributed by atoms with van der Waals surface area (Å²) in [6, 6.07) is 5.28. The summed E-state index contributed by atoms with van der Waals surface area (Å²) in [5.74, 6) is 0.980. The molecule has 0 saturated carbocycles. The minimum atomic E-state index is -0.0834. The van der Waals surface area contributed by atoms with Crippen LogP contribution < -0.4 is 20.1 Å². The molecule has 0 bridgehead atoms. The second-order valence-corrected chi connectivity index (χ2v) is 4.65. The van der Waals surface area contributed by atoms with Crippen molar-refractivity contribution in [1.29, 1.82) is 0 Å². The molecule has 1 unspecified atom stereocenters. The third-order valence-corrected chi connectivity index (χ3v) is 2.84. The van der Waals surface area contributed by atoms with E-state index in [4.69, 9.17) is 14.6 Å². The third kappa shape index (κ3) is 6.01. The molecule has 118 valence electrons. The Balaban J connectivity index is 2.68. The Kier molecular flexibility index (Phi) is 7.56. The number of hydrogen-bond acceptors (Lipinski definition) is 5. The average molecular weight is 296 g/mol. The molecule has 1 aromatic rings. The van der Waals surface area contributed by atoms with Crippen molar-refractivity contribution in [3.05, 3.63) is 18.2 Å². The number of rotatable bonds is 9. The fraction of sp³-hybridized carbons (Fsp3) is 0.533. The lowest BCUT2D eigenvalue weighted by atomic mass is 10.2. The Labute approximate surface area is 125 Å². The Hall–Kier alpha value is -1.79. The molecule has 1 rings (SSSR count). The number of aliphatic hydroxyl groups excluding tert-OH is 1. The largest absolute Gasteiger partial charge is 0.493 e. The molecule has 0 radical (unpaired) electrons. The first-order valence-corrected chi connectivity index (χ1v) is 7.05. The number of hydrogen-bond donors (Lipinski definition) is 3. The monoisotopic (exact) mass is 296 g/mol. The maximum atomic E-state index is 11.9. The summed E-state index contributed by atoms with van der Waals surface area (Å²) in [4.78, 5) is 11.9. The number of carbonyl (C=O) groups is 1. The predicted octanol–water partition coefficient (Wildman–Crippen LogP) is 1.39. The van der Waals surface area contributed by atoms with Gasteiger partial charge in [-0.15, -0.1) is 0 Å². The molecule has 0 aromatic heterocycles. The molecule has 1 aromatic carbocycles. The summed E-state index contributed by atoms with van der Waals surface area (Å²) in [6.07, 6.45) is 0.396. The first-order valence-electron chi connectivity index (χ1n) is 7.05. The number of aliphatic hydroxyl groups is 1. The van der Waals surface area contributed by atoms with Gasteiger partial charge in [-0.05, 0) is 25.6 Å². The van der Waals surface area contributed by atoms with Crippen molar-refractivity contribution in [2.75, 3.05) is 32.2 Å². The molecule has 0 heterocycles. The van der Waals surface area contributed by atoms with E-state index in [1.807, 2.05) is 13.8 Å². The zero-order valence-electron chi connectivity index (χ0n) is 12.8. The second kappa shape index (κ2) is 9.20. The lowest BCUT2D eigenvalue weighted by Crippen LogP contribution is -2.30. The Bertz CT molecular complexity index is 451. The summed E-state index contributed by atoms with van der Waals surface area (Å²) >= 11 is 0. The van der Waals surface area contributed by atoms with Crippen LogP contribution in [0.5, 0.6) is 11.5 Å². The number of methoxy groups -OCH3 is 1. The highest BCUT2D eigenvalue weighted by atomic mass is 16.5. The van der Waals surface area contributed by atoms with Gasteiger partial charge in [0.1, 0.15) is 6.61 Å². The molecule has 1 amide bonds. The van der Waals surface area contributed by atoms with Gasteiger partial charge >= 0.3 is 0 Å². The van der Waals surface area contributed by atoms with Gasteiger partial charge in [-0.2, -0.15) is 0 Å². The Morgan fingerprint density at radius 2 is 2.14 bits per heavy atom. The van der Waals surface area contributed by atoms with E-state index in [9.17, 15) is 4.79 Å². The number of carbonyl (C=O) groups excluding carboxylic acids is 1. The van der Waals surface area contributed by atoms with E-state index in [1.165, 1.54) is 7.11 Å². The van der Waals surface area contributed by atoms with Gasteiger partial charge in [0.25, 0.3) is 0 Å². The van der Waals surface area contributed by atoms with Crippen molar-refractivity contribution in [1.82, 2.24) is 5.32 Å². The zero-order chi connectivity index (χ0) is 15.7.